The van der Waals surface area contributed by atoms with Gasteiger partial charge >= 0.3 is 6.09 Å². The molecule has 1 aliphatic heterocycles. The Balaban J connectivity index is 1.92. The molecular weight excluding hydrogens is 256 g/mol. The van der Waals surface area contributed by atoms with Crippen LogP contribution in [0.5, 0.6) is 0 Å². The number of carbonyl (C=O) groups excluding carboxylic acids is 2. The van der Waals surface area contributed by atoms with Crippen molar-refractivity contribution in [2.45, 2.75) is 13.8 Å². The summed E-state index contributed by atoms with van der Waals surface area (Å²) in [4.78, 5) is 27.3. The molecule has 0 aliphatic carbocycles. The van der Waals surface area contributed by atoms with Crippen LogP contribution in [0.1, 0.15) is 22.8 Å². The van der Waals surface area contributed by atoms with E-state index in [9.17, 15) is 9.59 Å². The molecule has 0 saturated carbocycles. The Morgan fingerprint density at radius 3 is 2.15 bits per heavy atom. The molecule has 0 atom stereocenters. The Morgan fingerprint density at radius 1 is 1.05 bits per heavy atom. The topological polar surface area (TPSA) is 49.9 Å². The molecule has 2 amide bonds. The molecule has 1 fully saturated rings. The van der Waals surface area contributed by atoms with Crippen LogP contribution in [0, 0.1) is 6.92 Å². The molecule has 0 aromatic heterocycles. The molecule has 0 radical (unpaired) electrons. The third-order valence-corrected chi connectivity index (χ3v) is 3.39. The average Bonchev–Trinajstić information content (AvgIpc) is 2.48. The highest BCUT2D eigenvalue weighted by molar-refractivity contribution is 5.94. The number of carbonyl (C=O) groups is 2. The number of aryl methyl sites for hydroxylation is 1. The summed E-state index contributed by atoms with van der Waals surface area (Å²) in [5.41, 5.74) is 1.83. The van der Waals surface area contributed by atoms with E-state index in [-0.39, 0.29) is 12.0 Å². The second kappa shape index (κ2) is 6.41. The van der Waals surface area contributed by atoms with Crippen LogP contribution in [0.4, 0.5) is 4.79 Å². The van der Waals surface area contributed by atoms with E-state index in [4.69, 9.17) is 4.74 Å². The van der Waals surface area contributed by atoms with Crippen molar-refractivity contribution in [2.75, 3.05) is 32.8 Å². The normalized spacial score (nSPS) is 15.1. The molecule has 1 aromatic rings. The summed E-state index contributed by atoms with van der Waals surface area (Å²) in [6.45, 7) is 6.30. The fraction of sp³-hybridized carbons (Fsp3) is 0.467. The van der Waals surface area contributed by atoms with Crippen molar-refractivity contribution >= 4 is 12.0 Å². The van der Waals surface area contributed by atoms with Crippen LogP contribution in [0.15, 0.2) is 24.3 Å². The number of rotatable bonds is 2. The monoisotopic (exact) mass is 276 g/mol. The van der Waals surface area contributed by atoms with E-state index in [0.717, 1.165) is 5.56 Å². The molecule has 0 N–H and O–H groups in total. The molecule has 0 bridgehead atoms. The molecule has 5 nitrogen and oxygen atoms in total. The number of hydrogen-bond acceptors (Lipinski definition) is 3. The van der Waals surface area contributed by atoms with Crippen molar-refractivity contribution in [3.8, 4) is 0 Å². The van der Waals surface area contributed by atoms with Gasteiger partial charge in [-0.3, -0.25) is 4.79 Å². The van der Waals surface area contributed by atoms with Gasteiger partial charge in [0.05, 0.1) is 6.61 Å². The highest BCUT2D eigenvalue weighted by Gasteiger charge is 2.25. The third kappa shape index (κ3) is 3.29. The number of hydrogen-bond donors (Lipinski definition) is 0. The second-order valence-electron chi connectivity index (χ2n) is 4.84. The Labute approximate surface area is 119 Å². The van der Waals surface area contributed by atoms with Gasteiger partial charge in [0.25, 0.3) is 5.91 Å². The number of piperazine rings is 1. The first-order valence-corrected chi connectivity index (χ1v) is 6.89. The fourth-order valence-corrected chi connectivity index (χ4v) is 2.19. The van der Waals surface area contributed by atoms with Crippen molar-refractivity contribution in [3.63, 3.8) is 0 Å². The molecule has 20 heavy (non-hydrogen) atoms. The Hall–Kier alpha value is -2.04. The van der Waals surface area contributed by atoms with Gasteiger partial charge in [-0.1, -0.05) is 17.7 Å². The number of benzene rings is 1. The van der Waals surface area contributed by atoms with Gasteiger partial charge in [-0.25, -0.2) is 4.79 Å². The van der Waals surface area contributed by atoms with E-state index < -0.39 is 0 Å². The lowest BCUT2D eigenvalue weighted by Crippen LogP contribution is -2.50. The summed E-state index contributed by atoms with van der Waals surface area (Å²) < 4.78 is 4.96. The lowest BCUT2D eigenvalue weighted by molar-refractivity contribution is 0.0570. The summed E-state index contributed by atoms with van der Waals surface area (Å²) >= 11 is 0. The highest BCUT2D eigenvalue weighted by Crippen LogP contribution is 2.10. The van der Waals surface area contributed by atoms with Crippen molar-refractivity contribution in [3.05, 3.63) is 35.4 Å². The standard InChI is InChI=1S/C15H20N2O3/c1-3-20-15(19)17-10-8-16(9-11-17)14(18)13-6-4-12(2)5-7-13/h4-7H,3,8-11H2,1-2H3. The predicted molar refractivity (Wildman–Crippen MR) is 75.7 cm³/mol. The quantitative estimate of drug-likeness (QED) is 0.829. The first-order valence-electron chi connectivity index (χ1n) is 6.89. The summed E-state index contributed by atoms with van der Waals surface area (Å²) in [5, 5.41) is 0. The zero-order valence-electron chi connectivity index (χ0n) is 12.0. The van der Waals surface area contributed by atoms with E-state index in [1.54, 1.807) is 16.7 Å². The molecule has 2 rings (SSSR count). The van der Waals surface area contributed by atoms with E-state index in [0.29, 0.717) is 38.3 Å². The van der Waals surface area contributed by atoms with Gasteiger partial charge in [0, 0.05) is 31.7 Å². The average molecular weight is 276 g/mol. The van der Waals surface area contributed by atoms with Gasteiger partial charge in [-0.05, 0) is 26.0 Å². The van der Waals surface area contributed by atoms with E-state index >= 15 is 0 Å². The Kier molecular flexibility index (Phi) is 4.61. The zero-order valence-corrected chi connectivity index (χ0v) is 12.0. The molecule has 5 heteroatoms. The first kappa shape index (κ1) is 14.4. The van der Waals surface area contributed by atoms with E-state index in [2.05, 4.69) is 0 Å². The van der Waals surface area contributed by atoms with Crippen LogP contribution in [-0.4, -0.2) is 54.6 Å². The molecule has 1 heterocycles. The maximum absolute atomic E-state index is 12.3. The van der Waals surface area contributed by atoms with Crippen molar-refractivity contribution in [1.82, 2.24) is 9.80 Å². The number of nitrogens with zero attached hydrogens (tertiary/aromatic N) is 2. The first-order chi connectivity index (χ1) is 9.61. The molecule has 1 saturated heterocycles. The van der Waals surface area contributed by atoms with Gasteiger partial charge in [-0.2, -0.15) is 0 Å². The lowest BCUT2D eigenvalue weighted by atomic mass is 10.1. The number of amides is 2. The Bertz CT molecular complexity index is 476. The molecule has 108 valence electrons. The maximum atomic E-state index is 12.3. The summed E-state index contributed by atoms with van der Waals surface area (Å²) in [6.07, 6.45) is -0.296. The highest BCUT2D eigenvalue weighted by atomic mass is 16.6. The van der Waals surface area contributed by atoms with Crippen molar-refractivity contribution in [2.24, 2.45) is 0 Å². The fourth-order valence-electron chi connectivity index (χ4n) is 2.19. The lowest BCUT2D eigenvalue weighted by Gasteiger charge is -2.34. The second-order valence-corrected chi connectivity index (χ2v) is 4.84. The molecular formula is C15H20N2O3. The van der Waals surface area contributed by atoms with Gasteiger partial charge in [0.15, 0.2) is 0 Å². The van der Waals surface area contributed by atoms with Crippen molar-refractivity contribution < 1.29 is 14.3 Å². The molecule has 1 aromatic carbocycles. The summed E-state index contributed by atoms with van der Waals surface area (Å²) in [7, 11) is 0. The SMILES string of the molecule is CCOC(=O)N1CCN(C(=O)c2ccc(C)cc2)CC1. The summed E-state index contributed by atoms with van der Waals surface area (Å²) in [6, 6.07) is 7.55. The van der Waals surface area contributed by atoms with Crippen LogP contribution in [-0.2, 0) is 4.74 Å². The molecule has 0 unspecified atom stereocenters. The van der Waals surface area contributed by atoms with E-state index in [1.165, 1.54) is 0 Å². The largest absolute Gasteiger partial charge is 0.450 e. The van der Waals surface area contributed by atoms with Crippen molar-refractivity contribution in [1.29, 1.82) is 0 Å². The molecule has 0 spiro atoms. The van der Waals surface area contributed by atoms with Crippen LogP contribution >= 0.6 is 0 Å². The van der Waals surface area contributed by atoms with Crippen LogP contribution in [0.2, 0.25) is 0 Å². The van der Waals surface area contributed by atoms with Gasteiger partial charge in [0.1, 0.15) is 0 Å². The zero-order chi connectivity index (χ0) is 14.5. The Morgan fingerprint density at radius 2 is 1.60 bits per heavy atom. The third-order valence-electron chi connectivity index (χ3n) is 3.39. The predicted octanol–water partition coefficient (Wildman–Crippen LogP) is 1.91. The maximum Gasteiger partial charge on any atom is 0.409 e. The van der Waals surface area contributed by atoms with Crippen LogP contribution in [0.25, 0.3) is 0 Å². The van der Waals surface area contributed by atoms with Crippen LogP contribution in [0.3, 0.4) is 0 Å². The minimum atomic E-state index is -0.296. The van der Waals surface area contributed by atoms with Crippen LogP contribution < -0.4 is 0 Å². The van der Waals surface area contributed by atoms with Gasteiger partial charge < -0.3 is 14.5 Å². The van der Waals surface area contributed by atoms with Gasteiger partial charge in [0.2, 0.25) is 0 Å². The summed E-state index contributed by atoms with van der Waals surface area (Å²) in [5.74, 6) is 0.0218. The van der Waals surface area contributed by atoms with Gasteiger partial charge in [-0.15, -0.1) is 0 Å². The smallest absolute Gasteiger partial charge is 0.409 e. The molecule has 1 aliphatic rings. The van der Waals surface area contributed by atoms with E-state index in [1.807, 2.05) is 31.2 Å². The number of ether oxygens (including phenoxy) is 1. The minimum Gasteiger partial charge on any atom is -0.450 e. The minimum absolute atomic E-state index is 0.0218.